The average molecular weight is 1470 g/mol. The van der Waals surface area contributed by atoms with Gasteiger partial charge in [-0.1, -0.05) is 61.3 Å². The number of fused-ring (bicyclic) bond motifs is 16. The SMILES string of the molecule is CN[C@H](CC(C)C)C(=O)NC1C(=O)N[C@@H](CC(N)=O)C(=O)N[C@H]2C(=O)N[C@H](c3ccc(O)cc3)C(=O)N[C@H](C(=O)N[C@H](C(=O)O)c3cc(O)cc(O)c3C)[C@H](O)c3ccc(c(Cl)c3)Oc3cc2cc(c3OC2OC(CO)C(O)C(O)C2OC2CC(C)(N)C(O)C(C)O2)Oc2ccc(cc2Cl)[C@H]1O. The van der Waals surface area contributed by atoms with Crippen LogP contribution in [0.15, 0.2) is 84.9 Å². The lowest BCUT2D eigenvalue weighted by molar-refractivity contribution is -0.333. The van der Waals surface area contributed by atoms with E-state index in [4.69, 9.17) is 63.1 Å². The third kappa shape index (κ3) is 17.3. The molecule has 35 heteroatoms. The molecule has 18 atom stereocenters. The Morgan fingerprint density at radius 3 is 1.86 bits per heavy atom. The van der Waals surface area contributed by atoms with Gasteiger partial charge < -0.3 is 128 Å². The molecule has 2 saturated heterocycles. The summed E-state index contributed by atoms with van der Waals surface area (Å²) >= 11 is 14.1. The normalized spacial score (nSPS) is 28.3. The minimum absolute atomic E-state index is 0.0937. The summed E-state index contributed by atoms with van der Waals surface area (Å²) in [6, 6.07) is 1.19. The molecule has 550 valence electrons. The number of rotatable bonds is 17. The van der Waals surface area contributed by atoms with Crippen LogP contribution < -0.4 is 62.9 Å². The fourth-order valence-electron chi connectivity index (χ4n) is 12.1. The Bertz CT molecular complexity index is 4000. The summed E-state index contributed by atoms with van der Waals surface area (Å²) in [6.07, 6.45) is -18.5. The summed E-state index contributed by atoms with van der Waals surface area (Å²) in [4.78, 5) is 116. The zero-order valence-electron chi connectivity index (χ0n) is 55.4. The number of phenolic OH excluding ortho intramolecular Hbond substituents is 3. The highest BCUT2D eigenvalue weighted by Crippen LogP contribution is 2.49. The van der Waals surface area contributed by atoms with Gasteiger partial charge in [0.2, 0.25) is 53.4 Å². The molecule has 5 aromatic carbocycles. The number of likely N-dealkylation sites (N-methyl/N-ethyl adjacent to an activating group) is 1. The first-order chi connectivity index (χ1) is 48.1. The molecule has 33 nitrogen and oxygen atoms in total. The molecule has 102 heavy (non-hydrogen) atoms. The van der Waals surface area contributed by atoms with Crippen LogP contribution in [0, 0.1) is 12.8 Å². The van der Waals surface area contributed by atoms with Crippen LogP contribution in [-0.4, -0.2) is 191 Å². The molecule has 7 amide bonds. The summed E-state index contributed by atoms with van der Waals surface area (Å²) in [6.45, 7) is 6.93. The summed E-state index contributed by atoms with van der Waals surface area (Å²) < 4.78 is 38.3. The molecule has 6 aliphatic rings. The van der Waals surface area contributed by atoms with Gasteiger partial charge in [-0.05, 0) is 128 Å². The average Bonchev–Trinajstić information content (AvgIpc) is 0.770. The number of aliphatic hydroxyl groups is 6. The zero-order chi connectivity index (χ0) is 74.7. The summed E-state index contributed by atoms with van der Waals surface area (Å²) in [5.41, 5.74) is 9.25. The molecule has 5 aromatic rings. The van der Waals surface area contributed by atoms with Gasteiger partial charge in [0.25, 0.3) is 0 Å². The van der Waals surface area contributed by atoms with Crippen molar-refractivity contribution in [1.82, 2.24) is 37.2 Å². The molecule has 0 aromatic heterocycles. The fourth-order valence-corrected chi connectivity index (χ4v) is 12.5. The largest absolute Gasteiger partial charge is 0.508 e. The smallest absolute Gasteiger partial charge is 0.330 e. The number of carbonyl (C=O) groups excluding carboxylic acids is 7. The molecular weight excluding hydrogens is 1390 g/mol. The molecule has 0 saturated carbocycles. The summed E-state index contributed by atoms with van der Waals surface area (Å²) in [5, 5.41) is 128. The molecule has 21 N–H and O–H groups in total. The first-order valence-electron chi connectivity index (χ1n) is 32.0. The van der Waals surface area contributed by atoms with Gasteiger partial charge in [0.15, 0.2) is 29.9 Å². The number of nitrogens with two attached hydrogens (primary N) is 2. The highest BCUT2D eigenvalue weighted by Gasteiger charge is 2.51. The molecule has 7 bridgehead atoms. The number of carboxylic acid groups (broad SMARTS) is 1. The van der Waals surface area contributed by atoms with Gasteiger partial charge in [0, 0.05) is 18.0 Å². The van der Waals surface area contributed by atoms with Crippen molar-refractivity contribution in [3.05, 3.63) is 128 Å². The molecule has 11 rings (SSSR count). The van der Waals surface area contributed by atoms with Crippen molar-refractivity contribution in [3.8, 4) is 46.0 Å². The van der Waals surface area contributed by atoms with E-state index in [9.17, 15) is 75.0 Å². The van der Waals surface area contributed by atoms with Crippen LogP contribution in [0.3, 0.4) is 0 Å². The van der Waals surface area contributed by atoms with Gasteiger partial charge in [-0.3, -0.25) is 33.6 Å². The van der Waals surface area contributed by atoms with Gasteiger partial charge in [-0.25, -0.2) is 4.79 Å². The topological polar surface area (TPSA) is 530 Å². The number of primary amides is 1. The predicted molar refractivity (Wildman–Crippen MR) is 355 cm³/mol. The number of aromatic hydroxyl groups is 3. The lowest BCUT2D eigenvalue weighted by Crippen LogP contribution is -2.64. The maximum Gasteiger partial charge on any atom is 0.330 e. The monoisotopic (exact) mass is 1460 g/mol. The Kier molecular flexibility index (Phi) is 24.1. The Morgan fingerprint density at radius 2 is 1.30 bits per heavy atom. The second-order valence-corrected chi connectivity index (χ2v) is 26.6. The standard InChI is InChI=1S/C67H79Cl2N9O24/c1-25(2)15-37(72-6)59(89)77-50-52(84)29-9-13-40(35(68)16-29)98-42-18-31-19-43(56(42)102-66-57(55(87)54(86)44(24-79)100-66)101-46-23-67(5,71)58(88)27(4)97-46)99-41-14-10-30(17-36(41)69)53(85)51(64(94)76-49(65(95)96)34-20-33(81)21-39(82)26(34)3)78-61(91)47(28-7-11-32(80)12-8-28)75-62(92)48(31)74-60(90)38(22-45(70)83)73-63(50)93/h7-14,16-21,25,27,37-38,44,46-55,57-58,66,72,79-82,84-88H,15,22-24,71H2,1-6H3,(H2,70,83)(H,73,93)(H,74,90)(H,75,92)(H,76,94)(H,77,89)(H,78,91)(H,95,96)/t27?,37-,38+,44?,46?,47-,48-,49+,50?,51+,52-,53-,54?,55?,57?,58?,66?,67?/m1/s1. The molecule has 6 heterocycles. The lowest BCUT2D eigenvalue weighted by Gasteiger charge is -2.47. The number of carboxylic acids is 1. The van der Waals surface area contributed by atoms with Crippen molar-refractivity contribution in [2.45, 2.75) is 163 Å². The Balaban J connectivity index is 1.29. The Labute approximate surface area is 591 Å². The van der Waals surface area contributed by atoms with E-state index in [-0.39, 0.29) is 63.1 Å². The van der Waals surface area contributed by atoms with Crippen molar-refractivity contribution in [3.63, 3.8) is 0 Å². The first-order valence-corrected chi connectivity index (χ1v) is 32.7. The number of carbonyl (C=O) groups is 8. The summed E-state index contributed by atoms with van der Waals surface area (Å²) in [7, 11) is 1.47. The van der Waals surface area contributed by atoms with Crippen molar-refractivity contribution >= 4 is 70.5 Å². The second-order valence-electron chi connectivity index (χ2n) is 25.8. The van der Waals surface area contributed by atoms with E-state index in [1.165, 1.54) is 40.0 Å². The maximum absolute atomic E-state index is 15.9. The lowest BCUT2D eigenvalue weighted by atomic mass is 9.86. The van der Waals surface area contributed by atoms with Crippen molar-refractivity contribution < 1.29 is 118 Å². The number of amides is 7. The molecule has 10 unspecified atom stereocenters. The van der Waals surface area contributed by atoms with Crippen LogP contribution in [0.2, 0.25) is 10.0 Å². The molecule has 6 aliphatic heterocycles. The van der Waals surface area contributed by atoms with Crippen LogP contribution >= 0.6 is 23.2 Å². The van der Waals surface area contributed by atoms with Gasteiger partial charge in [-0.2, -0.15) is 0 Å². The van der Waals surface area contributed by atoms with Gasteiger partial charge in [-0.15, -0.1) is 0 Å². The van der Waals surface area contributed by atoms with Crippen molar-refractivity contribution in [1.29, 1.82) is 0 Å². The number of aliphatic hydroxyl groups excluding tert-OH is 6. The zero-order valence-corrected chi connectivity index (χ0v) is 56.9. The van der Waals surface area contributed by atoms with E-state index in [0.717, 1.165) is 72.8 Å². The van der Waals surface area contributed by atoms with Crippen molar-refractivity contribution in [2.24, 2.45) is 17.4 Å². The number of ether oxygens (including phenoxy) is 6. The Morgan fingerprint density at radius 1 is 0.725 bits per heavy atom. The Hall–Kier alpha value is -9.20. The molecule has 0 aliphatic carbocycles. The molecule has 2 fully saturated rings. The fraction of sp³-hybridized carbons (Fsp3) is 0.433. The van der Waals surface area contributed by atoms with E-state index >= 15 is 14.4 Å². The number of phenols is 3. The van der Waals surface area contributed by atoms with Gasteiger partial charge in [0.1, 0.15) is 89.5 Å². The van der Waals surface area contributed by atoms with Gasteiger partial charge >= 0.3 is 5.97 Å². The molecule has 0 radical (unpaired) electrons. The van der Waals surface area contributed by atoms with Crippen molar-refractivity contribution in [2.75, 3.05) is 13.7 Å². The minimum Gasteiger partial charge on any atom is -0.508 e. The molecular formula is C67H79Cl2N9O24. The highest BCUT2D eigenvalue weighted by molar-refractivity contribution is 6.32. The minimum atomic E-state index is -2.31. The van der Waals surface area contributed by atoms with Crippen LogP contribution in [0.25, 0.3) is 0 Å². The van der Waals surface area contributed by atoms with Crippen LogP contribution in [0.1, 0.15) is 111 Å². The first kappa shape index (κ1) is 77.0. The van der Waals surface area contributed by atoms with E-state index in [0.29, 0.717) is 0 Å². The van der Waals surface area contributed by atoms with E-state index in [1.807, 2.05) is 13.8 Å². The highest BCUT2D eigenvalue weighted by atomic mass is 35.5. The number of aliphatic carboxylic acids is 1. The maximum atomic E-state index is 15.9. The van der Waals surface area contributed by atoms with Crippen LogP contribution in [0.5, 0.6) is 46.0 Å². The number of hydrogen-bond acceptors (Lipinski definition) is 25. The van der Waals surface area contributed by atoms with E-state index in [1.54, 1.807) is 0 Å². The third-order valence-corrected chi connectivity index (χ3v) is 18.2. The van der Waals surface area contributed by atoms with Gasteiger partial charge in [0.05, 0.1) is 41.3 Å². The number of benzene rings is 5. The second kappa shape index (κ2) is 32.0. The number of halogens is 2. The molecule has 0 spiro atoms. The number of nitrogens with one attached hydrogen (secondary N) is 7. The van der Waals surface area contributed by atoms with Crippen LogP contribution in [-0.2, 0) is 52.6 Å². The number of hydrogen-bond donors (Lipinski definition) is 19. The predicted octanol–water partition coefficient (Wildman–Crippen LogP) is 0.434. The quantitative estimate of drug-likeness (QED) is 0.0600. The van der Waals surface area contributed by atoms with E-state index in [2.05, 4.69) is 37.2 Å². The van der Waals surface area contributed by atoms with Crippen LogP contribution in [0.4, 0.5) is 0 Å². The third-order valence-electron chi connectivity index (χ3n) is 17.6. The summed E-state index contributed by atoms with van der Waals surface area (Å²) in [5.74, 6) is -15.1. The van der Waals surface area contributed by atoms with E-state index < -0.39 is 215 Å².